The van der Waals surface area contributed by atoms with Crippen LogP contribution in [0.2, 0.25) is 0 Å². The number of rotatable bonds is 5. The second-order valence-electron chi connectivity index (χ2n) is 14.7. The number of furan rings is 1. The molecule has 0 N–H and O–H groups in total. The first kappa shape index (κ1) is 32.7. The van der Waals surface area contributed by atoms with E-state index in [0.717, 1.165) is 48.7 Å². The molecule has 270 valence electrons. The van der Waals surface area contributed by atoms with Crippen LogP contribution in [0.5, 0.6) is 0 Å². The lowest BCUT2D eigenvalue weighted by Crippen LogP contribution is -2.00. The summed E-state index contributed by atoms with van der Waals surface area (Å²) in [5, 5.41) is 9.35. The maximum Gasteiger partial charge on any atom is 0.167 e. The molecule has 0 spiro atoms. The molecule has 0 radical (unpaired) electrons. The van der Waals surface area contributed by atoms with Gasteiger partial charge in [-0.3, -0.25) is 0 Å². The van der Waals surface area contributed by atoms with E-state index in [1.807, 2.05) is 42.5 Å². The van der Waals surface area contributed by atoms with Crippen molar-refractivity contribution in [2.45, 2.75) is 0 Å². The van der Waals surface area contributed by atoms with Gasteiger partial charge in [-0.2, -0.15) is 0 Å². The third-order valence-electron chi connectivity index (χ3n) is 11.3. The van der Waals surface area contributed by atoms with E-state index >= 15 is 0 Å². The zero-order chi connectivity index (χ0) is 38.2. The zero-order valence-corrected chi connectivity index (χ0v) is 31.9. The van der Waals surface area contributed by atoms with Gasteiger partial charge in [-0.15, -0.1) is 11.3 Å². The Hall–Kier alpha value is -7.47. The van der Waals surface area contributed by atoms with Crippen molar-refractivity contribution in [3.63, 3.8) is 0 Å². The van der Waals surface area contributed by atoms with E-state index in [4.69, 9.17) is 19.4 Å². The van der Waals surface area contributed by atoms with Gasteiger partial charge in [0.05, 0.1) is 5.56 Å². The fraction of sp³-hybridized carbons (Fsp3) is 0. The van der Waals surface area contributed by atoms with E-state index in [1.165, 1.54) is 53.9 Å². The smallest absolute Gasteiger partial charge is 0.167 e. The van der Waals surface area contributed by atoms with Crippen molar-refractivity contribution in [1.29, 1.82) is 0 Å². The fourth-order valence-corrected chi connectivity index (χ4v) is 9.97. The Labute approximate surface area is 337 Å². The van der Waals surface area contributed by atoms with Gasteiger partial charge in [-0.05, 0) is 68.1 Å². The minimum atomic E-state index is 0.571. The topological polar surface area (TPSA) is 51.8 Å². The summed E-state index contributed by atoms with van der Waals surface area (Å²) in [7, 11) is 0. The van der Waals surface area contributed by atoms with Gasteiger partial charge in [0.1, 0.15) is 11.2 Å². The monoisotopic (exact) mass is 757 g/mol. The number of nitrogens with zero attached hydrogens (tertiary/aromatic N) is 3. The van der Waals surface area contributed by atoms with Crippen LogP contribution in [-0.2, 0) is 0 Å². The molecule has 9 aromatic carbocycles. The third kappa shape index (κ3) is 5.11. The molecule has 12 rings (SSSR count). The minimum absolute atomic E-state index is 0.571. The van der Waals surface area contributed by atoms with Crippen LogP contribution in [0.3, 0.4) is 0 Å². The second kappa shape index (κ2) is 13.1. The Bertz CT molecular complexity index is 3570. The molecule has 0 amide bonds. The van der Waals surface area contributed by atoms with Crippen LogP contribution in [0.15, 0.2) is 192 Å². The van der Waals surface area contributed by atoms with E-state index in [2.05, 4.69) is 146 Å². The third-order valence-corrected chi connectivity index (χ3v) is 12.5. The quantitative estimate of drug-likeness (QED) is 0.175. The lowest BCUT2D eigenvalue weighted by molar-refractivity contribution is 0.669. The molecule has 3 heterocycles. The van der Waals surface area contributed by atoms with Crippen molar-refractivity contribution >= 4 is 75.0 Å². The normalized spacial score (nSPS) is 11.8. The summed E-state index contributed by atoms with van der Waals surface area (Å²) >= 11 is 1.80. The van der Waals surface area contributed by atoms with Crippen LogP contribution in [0.4, 0.5) is 0 Å². The summed E-state index contributed by atoms with van der Waals surface area (Å²) < 4.78 is 8.87. The van der Waals surface area contributed by atoms with Gasteiger partial charge < -0.3 is 4.42 Å². The van der Waals surface area contributed by atoms with Gasteiger partial charge >= 0.3 is 0 Å². The minimum Gasteiger partial charge on any atom is -0.455 e. The number of fused-ring (bicyclic) bond motifs is 9. The molecule has 0 aliphatic carbocycles. The van der Waals surface area contributed by atoms with Crippen molar-refractivity contribution in [2.24, 2.45) is 0 Å². The molecule has 4 nitrogen and oxygen atoms in total. The fourth-order valence-electron chi connectivity index (χ4n) is 8.72. The largest absolute Gasteiger partial charge is 0.455 e. The Morgan fingerprint density at radius 2 is 0.948 bits per heavy atom. The highest BCUT2D eigenvalue weighted by Gasteiger charge is 2.23. The summed E-state index contributed by atoms with van der Waals surface area (Å²) in [5.41, 5.74) is 9.19. The Kier molecular flexibility index (Phi) is 7.37. The molecule has 0 saturated carbocycles. The van der Waals surface area contributed by atoms with Gasteiger partial charge in [0.2, 0.25) is 0 Å². The summed E-state index contributed by atoms with van der Waals surface area (Å²) in [5.74, 6) is 1.81. The Morgan fingerprint density at radius 1 is 0.362 bits per heavy atom. The van der Waals surface area contributed by atoms with Gasteiger partial charge in [0.15, 0.2) is 17.5 Å². The van der Waals surface area contributed by atoms with Crippen LogP contribution in [-0.4, -0.2) is 15.0 Å². The summed E-state index contributed by atoms with van der Waals surface area (Å²) in [6, 6.07) is 66.3. The molecule has 0 atom stereocenters. The average molecular weight is 758 g/mol. The maximum atomic E-state index is 6.52. The first-order chi connectivity index (χ1) is 28.8. The summed E-state index contributed by atoms with van der Waals surface area (Å²) in [6.45, 7) is 0. The lowest BCUT2D eigenvalue weighted by atomic mass is 9.89. The molecule has 0 aliphatic rings. The van der Waals surface area contributed by atoms with Crippen molar-refractivity contribution < 1.29 is 4.42 Å². The van der Waals surface area contributed by atoms with Gasteiger partial charge in [0, 0.05) is 42.1 Å². The highest BCUT2D eigenvalue weighted by atomic mass is 32.1. The number of para-hydroxylation sites is 2. The molecular formula is C53H31N3OS. The maximum absolute atomic E-state index is 6.52. The molecule has 0 unspecified atom stereocenters. The molecule has 0 aliphatic heterocycles. The summed E-state index contributed by atoms with van der Waals surface area (Å²) in [6.07, 6.45) is 0. The highest BCUT2D eigenvalue weighted by molar-refractivity contribution is 7.26. The molecule has 0 saturated heterocycles. The van der Waals surface area contributed by atoms with Crippen LogP contribution in [0.25, 0.3) is 120 Å². The molecular weight excluding hydrogens is 727 g/mol. The molecule has 58 heavy (non-hydrogen) atoms. The van der Waals surface area contributed by atoms with Crippen molar-refractivity contribution in [3.8, 4) is 56.4 Å². The molecule has 0 fully saturated rings. The van der Waals surface area contributed by atoms with Crippen molar-refractivity contribution in [1.82, 2.24) is 15.0 Å². The first-order valence-electron chi connectivity index (χ1n) is 19.4. The second-order valence-corrected chi connectivity index (χ2v) is 15.7. The first-order valence-corrected chi connectivity index (χ1v) is 20.3. The highest BCUT2D eigenvalue weighted by Crippen LogP contribution is 2.48. The number of thiophene rings is 1. The number of hydrogen-bond donors (Lipinski definition) is 0. The summed E-state index contributed by atoms with van der Waals surface area (Å²) in [4.78, 5) is 15.7. The SMILES string of the molecule is c1ccc(-c2nc(-c3cccc4c3oc3ccccc34)nc(-c3cc4ccccc4c4c3sc3cccc(-c5ccc(-c6ccccc6)c6ccccc56)c34)n2)cc1. The average Bonchev–Trinajstić information content (AvgIpc) is 3.88. The van der Waals surface area contributed by atoms with E-state index in [0.29, 0.717) is 17.5 Å². The zero-order valence-electron chi connectivity index (χ0n) is 31.1. The van der Waals surface area contributed by atoms with Gasteiger partial charge in [-0.1, -0.05) is 164 Å². The molecule has 3 aromatic heterocycles. The molecule has 0 bridgehead atoms. The standard InChI is InChI=1S/C53H31N3OS/c1-3-15-32(16-4-1)35-29-30-39(38-22-10-9-21-37(35)38)41-24-14-28-46-47(41)48-36-20-8-7-19-34(36)31-44(50(48)58-46)53-55-51(33-17-5-2-6-18-33)54-52(56-53)43-26-13-25-42-40-23-11-12-27-45(40)57-49(42)43/h1-31H. The van der Waals surface area contributed by atoms with Crippen molar-refractivity contribution in [2.75, 3.05) is 0 Å². The number of aromatic nitrogens is 3. The van der Waals surface area contributed by atoms with Crippen LogP contribution < -0.4 is 0 Å². The van der Waals surface area contributed by atoms with E-state index in [1.54, 1.807) is 11.3 Å². The van der Waals surface area contributed by atoms with Gasteiger partial charge in [-0.25, -0.2) is 15.0 Å². The van der Waals surface area contributed by atoms with E-state index in [-0.39, 0.29) is 0 Å². The predicted molar refractivity (Wildman–Crippen MR) is 242 cm³/mol. The van der Waals surface area contributed by atoms with Crippen LogP contribution in [0, 0.1) is 0 Å². The van der Waals surface area contributed by atoms with Crippen molar-refractivity contribution in [3.05, 3.63) is 188 Å². The van der Waals surface area contributed by atoms with Gasteiger partial charge in [0.25, 0.3) is 0 Å². The molecule has 5 heteroatoms. The van der Waals surface area contributed by atoms with E-state index < -0.39 is 0 Å². The van der Waals surface area contributed by atoms with E-state index in [9.17, 15) is 0 Å². The van der Waals surface area contributed by atoms with Crippen LogP contribution in [0.1, 0.15) is 0 Å². The number of benzene rings is 9. The molecule has 12 aromatic rings. The van der Waals surface area contributed by atoms with Crippen LogP contribution >= 0.6 is 11.3 Å². The Balaban J connectivity index is 1.14. The lowest BCUT2D eigenvalue weighted by Gasteiger charge is -2.14. The Morgan fingerprint density at radius 3 is 1.76 bits per heavy atom. The predicted octanol–water partition coefficient (Wildman–Crippen LogP) is 14.8. The number of hydrogen-bond acceptors (Lipinski definition) is 5.